The quantitative estimate of drug-likeness (QED) is 0.648. The molecule has 0 unspecified atom stereocenters. The van der Waals surface area contributed by atoms with Gasteiger partial charge in [0.15, 0.2) is 6.10 Å². The fraction of sp³-hybridized carbons (Fsp3) is 0.435. The second kappa shape index (κ2) is 10.3. The van der Waals surface area contributed by atoms with Crippen molar-refractivity contribution in [2.75, 3.05) is 38.7 Å². The molecule has 0 radical (unpaired) electrons. The Kier molecular flexibility index (Phi) is 7.76. The Morgan fingerprint density at radius 3 is 2.47 bits per heavy atom. The van der Waals surface area contributed by atoms with Crippen molar-refractivity contribution in [1.29, 1.82) is 0 Å². The number of amides is 1. The number of hydrogen-bond acceptors (Lipinski definition) is 6. The van der Waals surface area contributed by atoms with E-state index >= 15 is 0 Å². The molecular weight excluding hydrogens is 432 g/mol. The number of anilines is 1. The Bertz CT molecular complexity index is 1060. The third kappa shape index (κ3) is 5.40. The van der Waals surface area contributed by atoms with E-state index < -0.39 is 16.1 Å². The van der Waals surface area contributed by atoms with Crippen LogP contribution in [0.25, 0.3) is 0 Å². The second-order valence-electron chi connectivity index (χ2n) is 7.63. The van der Waals surface area contributed by atoms with Crippen molar-refractivity contribution in [3.63, 3.8) is 0 Å². The van der Waals surface area contributed by atoms with E-state index in [0.29, 0.717) is 31.1 Å². The molecule has 2 aromatic rings. The lowest BCUT2D eigenvalue weighted by Crippen LogP contribution is -2.40. The van der Waals surface area contributed by atoms with Crippen LogP contribution in [0.3, 0.4) is 0 Å². The topological polar surface area (TPSA) is 94.2 Å². The van der Waals surface area contributed by atoms with Gasteiger partial charge in [0.25, 0.3) is 5.91 Å². The minimum Gasteiger partial charge on any atom is -0.495 e. The molecule has 1 amide bonds. The van der Waals surface area contributed by atoms with Gasteiger partial charge in [-0.15, -0.1) is 0 Å². The molecule has 8 nitrogen and oxygen atoms in total. The Morgan fingerprint density at radius 2 is 1.84 bits per heavy atom. The number of rotatable bonds is 8. The molecule has 1 aliphatic rings. The Labute approximate surface area is 189 Å². The minimum absolute atomic E-state index is 0.00262. The number of sulfonamides is 1. The van der Waals surface area contributed by atoms with E-state index in [4.69, 9.17) is 14.2 Å². The SMILES string of the molecule is CC[C@H](Oc1ccc(C)c(C)c1)C(=O)Nc1ccc(OC)c(S(=O)(=O)N2CCOCC2)c1. The number of methoxy groups -OCH3 is 1. The number of carbonyl (C=O) groups excluding carboxylic acids is 1. The molecule has 3 rings (SSSR count). The van der Waals surface area contributed by atoms with Gasteiger partial charge in [0.1, 0.15) is 16.4 Å². The molecule has 1 aliphatic heterocycles. The summed E-state index contributed by atoms with van der Waals surface area (Å²) in [5, 5.41) is 2.78. The van der Waals surface area contributed by atoms with Gasteiger partial charge in [0.2, 0.25) is 10.0 Å². The maximum Gasteiger partial charge on any atom is 0.265 e. The fourth-order valence-electron chi connectivity index (χ4n) is 3.38. The lowest BCUT2D eigenvalue weighted by Gasteiger charge is -2.27. The predicted octanol–water partition coefficient (Wildman–Crippen LogP) is 3.13. The van der Waals surface area contributed by atoms with Gasteiger partial charge in [-0.25, -0.2) is 8.42 Å². The van der Waals surface area contributed by atoms with Crippen LogP contribution in [0.2, 0.25) is 0 Å². The smallest absolute Gasteiger partial charge is 0.265 e. The summed E-state index contributed by atoms with van der Waals surface area (Å²) >= 11 is 0. The number of hydrogen-bond donors (Lipinski definition) is 1. The van der Waals surface area contributed by atoms with Gasteiger partial charge >= 0.3 is 0 Å². The molecule has 1 heterocycles. The highest BCUT2D eigenvalue weighted by Crippen LogP contribution is 2.30. The average Bonchev–Trinajstić information content (AvgIpc) is 2.80. The maximum absolute atomic E-state index is 13.1. The standard InChI is InChI=1S/C23H30N2O6S/c1-5-20(31-19-8-6-16(2)17(3)14-19)23(26)24-18-7-9-21(29-4)22(15-18)32(27,28)25-10-12-30-13-11-25/h6-9,14-15,20H,5,10-13H2,1-4H3,(H,24,26)/t20-/m0/s1. The third-order valence-electron chi connectivity index (χ3n) is 5.44. The van der Waals surface area contributed by atoms with Crippen molar-refractivity contribution in [3.8, 4) is 11.5 Å². The van der Waals surface area contributed by atoms with Crippen LogP contribution in [-0.2, 0) is 19.6 Å². The van der Waals surface area contributed by atoms with Crippen LogP contribution >= 0.6 is 0 Å². The molecule has 1 atom stereocenters. The van der Waals surface area contributed by atoms with Crippen LogP contribution < -0.4 is 14.8 Å². The molecule has 2 aromatic carbocycles. The van der Waals surface area contributed by atoms with E-state index in [-0.39, 0.29) is 29.6 Å². The van der Waals surface area contributed by atoms with E-state index in [1.165, 1.54) is 23.5 Å². The highest BCUT2D eigenvalue weighted by atomic mass is 32.2. The monoisotopic (exact) mass is 462 g/mol. The largest absolute Gasteiger partial charge is 0.495 e. The third-order valence-corrected chi connectivity index (χ3v) is 7.36. The van der Waals surface area contributed by atoms with Gasteiger partial charge in [-0.1, -0.05) is 13.0 Å². The number of ether oxygens (including phenoxy) is 3. The summed E-state index contributed by atoms with van der Waals surface area (Å²) in [6.45, 7) is 7.06. The van der Waals surface area contributed by atoms with Crippen LogP contribution in [0.1, 0.15) is 24.5 Å². The summed E-state index contributed by atoms with van der Waals surface area (Å²) in [6.07, 6.45) is -0.271. The van der Waals surface area contributed by atoms with Crippen LogP contribution in [0, 0.1) is 13.8 Å². The molecule has 32 heavy (non-hydrogen) atoms. The number of morpholine rings is 1. The van der Waals surface area contributed by atoms with Crippen molar-refractivity contribution in [2.24, 2.45) is 0 Å². The van der Waals surface area contributed by atoms with E-state index in [9.17, 15) is 13.2 Å². The normalized spacial score (nSPS) is 15.8. The Balaban J connectivity index is 1.80. The molecule has 1 fully saturated rings. The number of nitrogens with one attached hydrogen (secondary N) is 1. The zero-order valence-corrected chi connectivity index (χ0v) is 19.7. The Morgan fingerprint density at radius 1 is 1.12 bits per heavy atom. The molecule has 0 saturated carbocycles. The molecule has 0 aromatic heterocycles. The zero-order chi connectivity index (χ0) is 23.3. The first kappa shape index (κ1) is 24.0. The number of carbonyl (C=O) groups is 1. The summed E-state index contributed by atoms with van der Waals surface area (Å²) in [4.78, 5) is 12.9. The van der Waals surface area contributed by atoms with Crippen molar-refractivity contribution in [3.05, 3.63) is 47.5 Å². The van der Waals surface area contributed by atoms with Crippen LogP contribution in [0.15, 0.2) is 41.3 Å². The van der Waals surface area contributed by atoms with E-state index in [1.54, 1.807) is 6.07 Å². The first-order chi connectivity index (χ1) is 15.3. The van der Waals surface area contributed by atoms with Crippen molar-refractivity contribution in [2.45, 2.75) is 38.2 Å². The van der Waals surface area contributed by atoms with Crippen LogP contribution in [0.5, 0.6) is 11.5 Å². The van der Waals surface area contributed by atoms with E-state index in [2.05, 4.69) is 5.32 Å². The van der Waals surface area contributed by atoms with Gasteiger partial charge in [0, 0.05) is 18.8 Å². The summed E-state index contributed by atoms with van der Waals surface area (Å²) < 4.78 is 44.1. The summed E-state index contributed by atoms with van der Waals surface area (Å²) in [7, 11) is -2.39. The van der Waals surface area contributed by atoms with Crippen LogP contribution in [-0.4, -0.2) is 58.1 Å². The van der Waals surface area contributed by atoms with Crippen molar-refractivity contribution in [1.82, 2.24) is 4.31 Å². The fourth-order valence-corrected chi connectivity index (χ4v) is 4.97. The van der Waals surface area contributed by atoms with Gasteiger partial charge in [-0.2, -0.15) is 4.31 Å². The molecule has 0 bridgehead atoms. The maximum atomic E-state index is 13.1. The number of nitrogens with zero attached hydrogens (tertiary/aromatic N) is 1. The van der Waals surface area contributed by atoms with Crippen molar-refractivity contribution < 1.29 is 27.4 Å². The van der Waals surface area contributed by atoms with E-state index in [1.807, 2.05) is 39.0 Å². The second-order valence-corrected chi connectivity index (χ2v) is 9.54. The van der Waals surface area contributed by atoms with Gasteiger partial charge in [-0.3, -0.25) is 4.79 Å². The summed E-state index contributed by atoms with van der Waals surface area (Å²) in [5.41, 5.74) is 2.57. The summed E-state index contributed by atoms with van der Waals surface area (Å²) in [6, 6.07) is 10.2. The number of benzene rings is 2. The number of aryl methyl sites for hydroxylation is 2. The van der Waals surface area contributed by atoms with Gasteiger partial charge < -0.3 is 19.5 Å². The zero-order valence-electron chi connectivity index (χ0n) is 18.9. The molecule has 1 N–H and O–H groups in total. The first-order valence-electron chi connectivity index (χ1n) is 10.6. The first-order valence-corrected chi connectivity index (χ1v) is 12.0. The lowest BCUT2D eigenvalue weighted by atomic mass is 10.1. The van der Waals surface area contributed by atoms with Gasteiger partial charge in [0.05, 0.1) is 20.3 Å². The molecule has 0 aliphatic carbocycles. The van der Waals surface area contributed by atoms with Gasteiger partial charge in [-0.05, 0) is 61.7 Å². The minimum atomic E-state index is -3.80. The molecule has 9 heteroatoms. The highest BCUT2D eigenvalue weighted by Gasteiger charge is 2.30. The molecular formula is C23H30N2O6S. The summed E-state index contributed by atoms with van der Waals surface area (Å²) in [5.74, 6) is 0.471. The van der Waals surface area contributed by atoms with Crippen molar-refractivity contribution >= 4 is 21.6 Å². The predicted molar refractivity (Wildman–Crippen MR) is 122 cm³/mol. The Hall–Kier alpha value is -2.62. The highest BCUT2D eigenvalue weighted by molar-refractivity contribution is 7.89. The lowest BCUT2D eigenvalue weighted by molar-refractivity contribution is -0.122. The van der Waals surface area contributed by atoms with Crippen LogP contribution in [0.4, 0.5) is 5.69 Å². The van der Waals surface area contributed by atoms with E-state index in [0.717, 1.165) is 11.1 Å². The molecule has 0 spiro atoms. The molecule has 174 valence electrons. The molecule has 1 saturated heterocycles. The average molecular weight is 463 g/mol.